The molecule has 3 aromatic rings. The van der Waals surface area contributed by atoms with Gasteiger partial charge in [0.1, 0.15) is 0 Å². The molecule has 0 bridgehead atoms. The standard InChI is InChI=1S/C23H18Cl2N2OS/c1-13-6-8-15(9-7-13)18(12-26)17-10-14(2)21(11-20(17)25)27-23(28)16-4-3-5-19(24)22(16)29/h3-11,18,29H,1-2H3,(H,27,28). The van der Waals surface area contributed by atoms with Crippen molar-refractivity contribution >= 4 is 47.4 Å². The number of amides is 1. The van der Waals surface area contributed by atoms with E-state index in [1.165, 1.54) is 0 Å². The topological polar surface area (TPSA) is 52.9 Å². The Balaban J connectivity index is 1.93. The smallest absolute Gasteiger partial charge is 0.256 e. The largest absolute Gasteiger partial charge is 0.322 e. The summed E-state index contributed by atoms with van der Waals surface area (Å²) in [5.41, 5.74) is 4.43. The second-order valence-electron chi connectivity index (χ2n) is 6.75. The van der Waals surface area contributed by atoms with Gasteiger partial charge in [-0.15, -0.1) is 12.6 Å². The van der Waals surface area contributed by atoms with Gasteiger partial charge in [0.2, 0.25) is 0 Å². The molecule has 6 heteroatoms. The van der Waals surface area contributed by atoms with Gasteiger partial charge in [0, 0.05) is 15.6 Å². The number of carbonyl (C=O) groups is 1. The fourth-order valence-electron chi connectivity index (χ4n) is 3.03. The quantitative estimate of drug-likeness (QED) is 0.437. The highest BCUT2D eigenvalue weighted by molar-refractivity contribution is 7.80. The molecule has 0 heterocycles. The molecule has 1 amide bonds. The van der Waals surface area contributed by atoms with E-state index in [-0.39, 0.29) is 5.91 Å². The van der Waals surface area contributed by atoms with Crippen molar-refractivity contribution in [3.63, 3.8) is 0 Å². The third-order valence-electron chi connectivity index (χ3n) is 4.67. The van der Waals surface area contributed by atoms with Crippen LogP contribution in [0.15, 0.2) is 59.5 Å². The summed E-state index contributed by atoms with van der Waals surface area (Å²) in [6, 6.07) is 18.6. The van der Waals surface area contributed by atoms with Gasteiger partial charge >= 0.3 is 0 Å². The van der Waals surface area contributed by atoms with Crippen LogP contribution in [0.5, 0.6) is 0 Å². The van der Waals surface area contributed by atoms with Gasteiger partial charge in [-0.1, -0.05) is 65.2 Å². The van der Waals surface area contributed by atoms with Crippen LogP contribution in [0, 0.1) is 25.2 Å². The molecule has 1 N–H and O–H groups in total. The zero-order chi connectivity index (χ0) is 21.1. The highest BCUT2D eigenvalue weighted by Gasteiger charge is 2.20. The molecule has 1 atom stereocenters. The maximum Gasteiger partial charge on any atom is 0.256 e. The molecule has 0 radical (unpaired) electrons. The highest BCUT2D eigenvalue weighted by Crippen LogP contribution is 2.34. The predicted molar refractivity (Wildman–Crippen MR) is 121 cm³/mol. The molecule has 0 saturated heterocycles. The molecule has 0 saturated carbocycles. The number of nitrogens with one attached hydrogen (secondary N) is 1. The molecular weight excluding hydrogens is 423 g/mol. The molecule has 146 valence electrons. The van der Waals surface area contributed by atoms with E-state index in [1.54, 1.807) is 24.3 Å². The fraction of sp³-hybridized carbons (Fsp3) is 0.130. The molecule has 29 heavy (non-hydrogen) atoms. The first-order valence-electron chi connectivity index (χ1n) is 8.87. The Morgan fingerprint density at radius 2 is 1.76 bits per heavy atom. The summed E-state index contributed by atoms with van der Waals surface area (Å²) in [6.07, 6.45) is 0. The maximum absolute atomic E-state index is 12.7. The van der Waals surface area contributed by atoms with E-state index < -0.39 is 5.92 Å². The lowest BCUT2D eigenvalue weighted by molar-refractivity contribution is 0.102. The summed E-state index contributed by atoms with van der Waals surface area (Å²) >= 11 is 16.9. The van der Waals surface area contributed by atoms with Gasteiger partial charge in [-0.25, -0.2) is 0 Å². The Morgan fingerprint density at radius 3 is 2.41 bits per heavy atom. The normalized spacial score (nSPS) is 11.6. The van der Waals surface area contributed by atoms with Gasteiger partial charge in [-0.3, -0.25) is 4.79 Å². The molecule has 0 fully saturated rings. The van der Waals surface area contributed by atoms with E-state index in [0.717, 1.165) is 16.7 Å². The third-order valence-corrected chi connectivity index (χ3v) is 5.93. The first kappa shape index (κ1) is 21.3. The lowest BCUT2D eigenvalue weighted by atomic mass is 9.90. The SMILES string of the molecule is Cc1ccc(C(C#N)c2cc(C)c(NC(=O)c3cccc(Cl)c3S)cc2Cl)cc1. The summed E-state index contributed by atoms with van der Waals surface area (Å²) in [4.78, 5) is 13.1. The molecular formula is C23H18Cl2N2OS. The van der Waals surface area contributed by atoms with E-state index in [9.17, 15) is 10.1 Å². The number of nitrogens with zero attached hydrogens (tertiary/aromatic N) is 1. The number of carbonyl (C=O) groups excluding carboxylic acids is 1. The van der Waals surface area contributed by atoms with Gasteiger partial charge in [0.25, 0.3) is 5.91 Å². The van der Waals surface area contributed by atoms with Crippen molar-refractivity contribution in [2.45, 2.75) is 24.7 Å². The van der Waals surface area contributed by atoms with E-state index >= 15 is 0 Å². The number of thiol groups is 1. The zero-order valence-electron chi connectivity index (χ0n) is 15.8. The molecule has 3 aromatic carbocycles. The Morgan fingerprint density at radius 1 is 1.07 bits per heavy atom. The summed E-state index contributed by atoms with van der Waals surface area (Å²) in [6.45, 7) is 3.86. The number of hydrogen-bond donors (Lipinski definition) is 2. The second kappa shape index (κ2) is 8.92. The number of rotatable bonds is 4. The van der Waals surface area contributed by atoms with Crippen molar-refractivity contribution < 1.29 is 4.79 Å². The van der Waals surface area contributed by atoms with Crippen molar-refractivity contribution in [2.75, 3.05) is 5.32 Å². The van der Waals surface area contributed by atoms with Crippen LogP contribution in [0.4, 0.5) is 5.69 Å². The zero-order valence-corrected chi connectivity index (χ0v) is 18.2. The Kier molecular flexibility index (Phi) is 6.54. The minimum absolute atomic E-state index is 0.334. The number of benzene rings is 3. The number of aryl methyl sites for hydroxylation is 2. The summed E-state index contributed by atoms with van der Waals surface area (Å²) < 4.78 is 0. The van der Waals surface area contributed by atoms with Gasteiger partial charge in [0.05, 0.1) is 22.6 Å². The summed E-state index contributed by atoms with van der Waals surface area (Å²) in [5, 5.41) is 13.4. The number of anilines is 1. The lowest BCUT2D eigenvalue weighted by Gasteiger charge is -2.16. The van der Waals surface area contributed by atoms with Crippen LogP contribution in [0.3, 0.4) is 0 Å². The molecule has 0 aliphatic carbocycles. The van der Waals surface area contributed by atoms with Crippen molar-refractivity contribution in [3.8, 4) is 6.07 Å². The third kappa shape index (κ3) is 4.59. The minimum Gasteiger partial charge on any atom is -0.322 e. The van der Waals surface area contributed by atoms with Crippen LogP contribution >= 0.6 is 35.8 Å². The van der Waals surface area contributed by atoms with Crippen LogP contribution in [-0.4, -0.2) is 5.91 Å². The summed E-state index contributed by atoms with van der Waals surface area (Å²) in [7, 11) is 0. The molecule has 0 aliphatic rings. The average Bonchev–Trinajstić information content (AvgIpc) is 2.69. The second-order valence-corrected chi connectivity index (χ2v) is 8.01. The first-order chi connectivity index (χ1) is 13.8. The van der Waals surface area contributed by atoms with E-state index in [0.29, 0.717) is 31.8 Å². The number of halogens is 2. The Labute approximate surface area is 185 Å². The molecule has 0 aliphatic heterocycles. The van der Waals surface area contributed by atoms with E-state index in [2.05, 4.69) is 24.0 Å². The predicted octanol–water partition coefficient (Wildman–Crippen LogP) is 6.81. The molecule has 3 rings (SSSR count). The average molecular weight is 441 g/mol. The molecule has 0 aromatic heterocycles. The van der Waals surface area contributed by atoms with Crippen LogP contribution in [0.2, 0.25) is 10.0 Å². The monoisotopic (exact) mass is 440 g/mol. The lowest BCUT2D eigenvalue weighted by Crippen LogP contribution is -2.14. The van der Waals surface area contributed by atoms with Crippen molar-refractivity contribution in [1.29, 1.82) is 5.26 Å². The number of hydrogen-bond acceptors (Lipinski definition) is 3. The maximum atomic E-state index is 12.7. The fourth-order valence-corrected chi connectivity index (χ4v) is 3.73. The van der Waals surface area contributed by atoms with Crippen LogP contribution in [0.25, 0.3) is 0 Å². The van der Waals surface area contributed by atoms with Crippen LogP contribution < -0.4 is 5.32 Å². The van der Waals surface area contributed by atoms with Gasteiger partial charge < -0.3 is 5.32 Å². The van der Waals surface area contributed by atoms with Gasteiger partial charge in [-0.05, 0) is 48.7 Å². The first-order valence-corrected chi connectivity index (χ1v) is 10.1. The molecule has 3 nitrogen and oxygen atoms in total. The number of nitriles is 1. The van der Waals surface area contributed by atoms with E-state index in [4.69, 9.17) is 23.2 Å². The molecule has 1 unspecified atom stereocenters. The van der Waals surface area contributed by atoms with Crippen LogP contribution in [-0.2, 0) is 0 Å². The van der Waals surface area contributed by atoms with Crippen LogP contribution in [0.1, 0.15) is 38.5 Å². The highest BCUT2D eigenvalue weighted by atomic mass is 35.5. The van der Waals surface area contributed by atoms with E-state index in [1.807, 2.05) is 44.2 Å². The van der Waals surface area contributed by atoms with Crippen molar-refractivity contribution in [2.24, 2.45) is 0 Å². The van der Waals surface area contributed by atoms with Crippen molar-refractivity contribution in [1.82, 2.24) is 0 Å². The van der Waals surface area contributed by atoms with Gasteiger partial charge in [-0.2, -0.15) is 5.26 Å². The Hall–Kier alpha value is -2.45. The Bertz CT molecular complexity index is 1120. The van der Waals surface area contributed by atoms with Crippen molar-refractivity contribution in [3.05, 3.63) is 92.5 Å². The summed E-state index contributed by atoms with van der Waals surface area (Å²) in [5.74, 6) is -0.830. The molecule has 0 spiro atoms. The van der Waals surface area contributed by atoms with Gasteiger partial charge in [0.15, 0.2) is 0 Å². The minimum atomic E-state index is -0.497.